The van der Waals surface area contributed by atoms with Gasteiger partial charge in [0.25, 0.3) is 0 Å². The van der Waals surface area contributed by atoms with Gasteiger partial charge in [-0.05, 0) is 54.1 Å². The molecule has 2 aromatic carbocycles. The van der Waals surface area contributed by atoms with Crippen molar-refractivity contribution in [2.75, 3.05) is 24.9 Å². The van der Waals surface area contributed by atoms with Crippen molar-refractivity contribution in [1.82, 2.24) is 19.6 Å². The van der Waals surface area contributed by atoms with E-state index in [-0.39, 0.29) is 5.82 Å². The number of furan rings is 1. The van der Waals surface area contributed by atoms with Gasteiger partial charge in [0.1, 0.15) is 5.82 Å². The maximum absolute atomic E-state index is 13.2. The highest BCUT2D eigenvalue weighted by Crippen LogP contribution is 2.28. The van der Waals surface area contributed by atoms with E-state index in [1.54, 1.807) is 55.5 Å². The van der Waals surface area contributed by atoms with Gasteiger partial charge >= 0.3 is 0 Å². The Balaban J connectivity index is 1.44. The Kier molecular flexibility index (Phi) is 6.16. The number of aromatic nitrogens is 4. The molecule has 0 aliphatic heterocycles. The normalized spacial score (nSPS) is 10.9. The van der Waals surface area contributed by atoms with Crippen molar-refractivity contribution in [1.29, 1.82) is 0 Å². The molecule has 0 aliphatic carbocycles. The first-order valence-corrected chi connectivity index (χ1v) is 10.9. The van der Waals surface area contributed by atoms with Crippen molar-refractivity contribution in [3.8, 4) is 23.1 Å². The van der Waals surface area contributed by atoms with E-state index in [1.807, 2.05) is 18.2 Å². The number of methoxy groups -OCH3 is 2. The van der Waals surface area contributed by atoms with Gasteiger partial charge < -0.3 is 24.5 Å². The molecule has 178 valence electrons. The highest BCUT2D eigenvalue weighted by atomic mass is 19.1. The van der Waals surface area contributed by atoms with Crippen LogP contribution in [0, 0.1) is 5.82 Å². The van der Waals surface area contributed by atoms with Crippen molar-refractivity contribution < 1.29 is 18.3 Å². The number of nitrogens with zero attached hydrogens (tertiary/aromatic N) is 4. The van der Waals surface area contributed by atoms with Gasteiger partial charge in [-0.15, -0.1) is 5.10 Å². The molecule has 2 N–H and O–H groups in total. The predicted octanol–water partition coefficient (Wildman–Crippen LogP) is 4.76. The summed E-state index contributed by atoms with van der Waals surface area (Å²) in [6, 6.07) is 15.5. The van der Waals surface area contributed by atoms with Crippen LogP contribution in [0.5, 0.6) is 11.5 Å². The summed E-state index contributed by atoms with van der Waals surface area (Å²) in [5, 5.41) is 11.2. The first-order chi connectivity index (χ1) is 17.1. The molecule has 35 heavy (non-hydrogen) atoms. The lowest BCUT2D eigenvalue weighted by Gasteiger charge is -2.12. The second kappa shape index (κ2) is 9.72. The van der Waals surface area contributed by atoms with Crippen LogP contribution in [0.3, 0.4) is 0 Å². The second-order valence-electron chi connectivity index (χ2n) is 7.66. The third kappa shape index (κ3) is 4.72. The molecular weight excluding hydrogens is 451 g/mol. The van der Waals surface area contributed by atoms with E-state index in [1.165, 1.54) is 12.1 Å². The van der Waals surface area contributed by atoms with Crippen LogP contribution in [0.4, 0.5) is 16.0 Å². The standard InChI is InChI=1S/C25H23FN6O3/c1-33-20-10-5-16(12-22(20)34-2)13-28-25-29-15-17(14-27-19-8-6-18(26)7-9-19)24-30-23(31-32(24)25)21-4-3-11-35-21/h3-12,15,27H,13-14H2,1-2H3,(H,28,29). The maximum Gasteiger partial charge on any atom is 0.226 e. The Morgan fingerprint density at radius 2 is 1.80 bits per heavy atom. The third-order valence-electron chi connectivity index (χ3n) is 5.40. The van der Waals surface area contributed by atoms with E-state index in [9.17, 15) is 4.39 Å². The fourth-order valence-corrected chi connectivity index (χ4v) is 3.61. The summed E-state index contributed by atoms with van der Waals surface area (Å²) in [6.07, 6.45) is 3.32. The first kappa shape index (κ1) is 22.2. The number of halogens is 1. The van der Waals surface area contributed by atoms with Gasteiger partial charge in [-0.1, -0.05) is 6.07 Å². The number of hydrogen-bond acceptors (Lipinski definition) is 8. The summed E-state index contributed by atoms with van der Waals surface area (Å²) >= 11 is 0. The SMILES string of the molecule is COc1ccc(CNc2ncc(CNc3ccc(F)cc3)c3nc(-c4ccco4)nn23)cc1OC. The molecule has 0 saturated heterocycles. The Morgan fingerprint density at radius 3 is 2.54 bits per heavy atom. The Hall–Kier alpha value is -4.60. The van der Waals surface area contributed by atoms with Crippen molar-refractivity contribution in [3.63, 3.8) is 0 Å². The van der Waals surface area contributed by atoms with Crippen LogP contribution in [-0.4, -0.2) is 33.8 Å². The average Bonchev–Trinajstić information content (AvgIpc) is 3.58. The maximum atomic E-state index is 13.2. The van der Waals surface area contributed by atoms with Crippen LogP contribution in [-0.2, 0) is 13.1 Å². The van der Waals surface area contributed by atoms with Crippen molar-refractivity contribution in [2.45, 2.75) is 13.1 Å². The molecule has 0 spiro atoms. The van der Waals surface area contributed by atoms with Gasteiger partial charge in [0.2, 0.25) is 11.8 Å². The molecule has 5 rings (SSSR count). The lowest BCUT2D eigenvalue weighted by atomic mass is 10.2. The summed E-state index contributed by atoms with van der Waals surface area (Å²) in [5.74, 6) is 2.54. The zero-order chi connectivity index (χ0) is 24.2. The summed E-state index contributed by atoms with van der Waals surface area (Å²) in [5.41, 5.74) is 3.20. The third-order valence-corrected chi connectivity index (χ3v) is 5.40. The minimum absolute atomic E-state index is 0.287. The van der Waals surface area contributed by atoms with Gasteiger partial charge in [0, 0.05) is 30.5 Å². The Morgan fingerprint density at radius 1 is 0.971 bits per heavy atom. The quantitative estimate of drug-likeness (QED) is 0.315. The highest BCUT2D eigenvalue weighted by molar-refractivity contribution is 5.59. The van der Waals surface area contributed by atoms with Crippen LogP contribution in [0.15, 0.2) is 71.5 Å². The first-order valence-electron chi connectivity index (χ1n) is 10.9. The fraction of sp³-hybridized carbons (Fsp3) is 0.160. The highest BCUT2D eigenvalue weighted by Gasteiger charge is 2.16. The molecule has 0 unspecified atom stereocenters. The lowest BCUT2D eigenvalue weighted by molar-refractivity contribution is 0.354. The summed E-state index contributed by atoms with van der Waals surface area (Å²) in [7, 11) is 3.20. The molecule has 10 heteroatoms. The van der Waals surface area contributed by atoms with E-state index in [0.29, 0.717) is 47.8 Å². The zero-order valence-electron chi connectivity index (χ0n) is 19.2. The van der Waals surface area contributed by atoms with E-state index in [2.05, 4.69) is 25.7 Å². The Labute approximate surface area is 200 Å². The minimum atomic E-state index is -0.287. The fourth-order valence-electron chi connectivity index (χ4n) is 3.61. The predicted molar refractivity (Wildman–Crippen MR) is 129 cm³/mol. The van der Waals surface area contributed by atoms with E-state index in [0.717, 1.165) is 16.8 Å². The molecule has 3 aromatic heterocycles. The molecular formula is C25H23FN6O3. The smallest absolute Gasteiger partial charge is 0.226 e. The summed E-state index contributed by atoms with van der Waals surface area (Å²) < 4.78 is 31.1. The summed E-state index contributed by atoms with van der Waals surface area (Å²) in [4.78, 5) is 9.27. The van der Waals surface area contributed by atoms with Gasteiger partial charge in [-0.3, -0.25) is 0 Å². The molecule has 0 radical (unpaired) electrons. The lowest BCUT2D eigenvalue weighted by Crippen LogP contribution is -2.10. The number of benzene rings is 2. The van der Waals surface area contributed by atoms with E-state index in [4.69, 9.17) is 13.9 Å². The summed E-state index contributed by atoms with van der Waals surface area (Å²) in [6.45, 7) is 0.903. The minimum Gasteiger partial charge on any atom is -0.493 e. The molecule has 0 bridgehead atoms. The number of fused-ring (bicyclic) bond motifs is 1. The number of ether oxygens (including phenoxy) is 2. The number of anilines is 2. The van der Waals surface area contributed by atoms with Gasteiger partial charge in [-0.25, -0.2) is 14.4 Å². The molecule has 0 fully saturated rings. The number of nitrogens with one attached hydrogen (secondary N) is 2. The van der Waals surface area contributed by atoms with E-state index < -0.39 is 0 Å². The van der Waals surface area contributed by atoms with Crippen LogP contribution < -0.4 is 20.1 Å². The van der Waals surface area contributed by atoms with Crippen LogP contribution in [0.1, 0.15) is 11.1 Å². The topological polar surface area (TPSA) is 98.7 Å². The van der Waals surface area contributed by atoms with Crippen LogP contribution >= 0.6 is 0 Å². The van der Waals surface area contributed by atoms with Gasteiger partial charge in [0.05, 0.1) is 20.5 Å². The van der Waals surface area contributed by atoms with Crippen LogP contribution in [0.2, 0.25) is 0 Å². The van der Waals surface area contributed by atoms with Crippen LogP contribution in [0.25, 0.3) is 17.2 Å². The Bertz CT molecular complexity index is 1430. The van der Waals surface area contributed by atoms with Gasteiger partial charge in [0.15, 0.2) is 22.9 Å². The second-order valence-corrected chi connectivity index (χ2v) is 7.66. The average molecular weight is 474 g/mol. The van der Waals surface area contributed by atoms with Crippen molar-refractivity contribution in [3.05, 3.63) is 84.0 Å². The zero-order valence-corrected chi connectivity index (χ0v) is 19.2. The molecule has 3 heterocycles. The van der Waals surface area contributed by atoms with Crippen molar-refractivity contribution in [2.24, 2.45) is 0 Å². The van der Waals surface area contributed by atoms with Crippen molar-refractivity contribution >= 4 is 17.3 Å². The molecule has 0 atom stereocenters. The monoisotopic (exact) mass is 474 g/mol. The molecule has 0 aliphatic rings. The van der Waals surface area contributed by atoms with Gasteiger partial charge in [-0.2, -0.15) is 4.52 Å². The molecule has 0 amide bonds. The number of rotatable bonds is 9. The molecule has 9 nitrogen and oxygen atoms in total. The molecule has 5 aromatic rings. The number of hydrogen-bond donors (Lipinski definition) is 2. The van der Waals surface area contributed by atoms with E-state index >= 15 is 0 Å². The molecule has 0 saturated carbocycles. The largest absolute Gasteiger partial charge is 0.493 e.